The number of carbonyl (C=O) groups excluding carboxylic acids is 1. The molecule has 1 aromatic rings. The van der Waals surface area contributed by atoms with E-state index in [4.69, 9.17) is 0 Å². The number of rotatable bonds is 3. The van der Waals surface area contributed by atoms with Crippen LogP contribution in [-0.4, -0.2) is 54.6 Å². The number of hydrogen-bond acceptors (Lipinski definition) is 4. The Hall–Kier alpha value is -1.60. The molecule has 7 heteroatoms. The molecular formula is C18H26F2N4O. The monoisotopic (exact) mass is 352 g/mol. The van der Waals surface area contributed by atoms with Gasteiger partial charge in [0.1, 0.15) is 5.69 Å². The van der Waals surface area contributed by atoms with Crippen LogP contribution in [0.3, 0.4) is 0 Å². The largest absolute Gasteiger partial charge is 0.312 e. The molecule has 5 nitrogen and oxygen atoms in total. The molecule has 1 fully saturated rings. The van der Waals surface area contributed by atoms with Gasteiger partial charge in [0.25, 0.3) is 5.92 Å². The van der Waals surface area contributed by atoms with Gasteiger partial charge in [-0.15, -0.1) is 0 Å². The first kappa shape index (κ1) is 18.2. The van der Waals surface area contributed by atoms with Crippen molar-refractivity contribution in [3.63, 3.8) is 0 Å². The predicted molar refractivity (Wildman–Crippen MR) is 93.1 cm³/mol. The summed E-state index contributed by atoms with van der Waals surface area (Å²) in [5, 5.41) is 3.35. The van der Waals surface area contributed by atoms with Crippen LogP contribution in [0.5, 0.6) is 0 Å². The van der Waals surface area contributed by atoms with Crippen molar-refractivity contribution >= 4 is 11.6 Å². The fourth-order valence-corrected chi connectivity index (χ4v) is 3.65. The van der Waals surface area contributed by atoms with E-state index in [1.807, 2.05) is 13.8 Å². The summed E-state index contributed by atoms with van der Waals surface area (Å²) in [6.45, 7) is 10.2. The number of fused-ring (bicyclic) bond motifs is 1. The zero-order valence-electron chi connectivity index (χ0n) is 15.3. The van der Waals surface area contributed by atoms with Crippen LogP contribution >= 0.6 is 0 Å². The molecule has 0 aromatic carbocycles. The van der Waals surface area contributed by atoms with E-state index in [-0.39, 0.29) is 17.0 Å². The minimum Gasteiger partial charge on any atom is -0.312 e. The minimum absolute atomic E-state index is 0.0440. The van der Waals surface area contributed by atoms with Gasteiger partial charge in [0.2, 0.25) is 5.91 Å². The van der Waals surface area contributed by atoms with Crippen LogP contribution in [0.1, 0.15) is 39.0 Å². The van der Waals surface area contributed by atoms with Gasteiger partial charge >= 0.3 is 0 Å². The van der Waals surface area contributed by atoms with Crippen molar-refractivity contribution in [3.05, 3.63) is 23.5 Å². The molecule has 0 unspecified atom stereocenters. The lowest BCUT2D eigenvalue weighted by molar-refractivity contribution is -0.120. The molecule has 0 aliphatic carbocycles. The van der Waals surface area contributed by atoms with E-state index >= 15 is 0 Å². The van der Waals surface area contributed by atoms with Crippen molar-refractivity contribution in [2.45, 2.75) is 45.1 Å². The summed E-state index contributed by atoms with van der Waals surface area (Å²) in [4.78, 5) is 20.6. The molecule has 1 saturated heterocycles. The molecule has 0 spiro atoms. The van der Waals surface area contributed by atoms with Crippen molar-refractivity contribution in [2.24, 2.45) is 0 Å². The topological polar surface area (TPSA) is 48.5 Å². The highest BCUT2D eigenvalue weighted by Gasteiger charge is 2.40. The first-order valence-corrected chi connectivity index (χ1v) is 8.73. The Morgan fingerprint density at radius 3 is 2.84 bits per heavy atom. The van der Waals surface area contributed by atoms with E-state index in [0.29, 0.717) is 24.8 Å². The number of hydrogen-bond donors (Lipinski definition) is 1. The highest BCUT2D eigenvalue weighted by molar-refractivity contribution is 5.97. The molecule has 3 heterocycles. The van der Waals surface area contributed by atoms with Crippen LogP contribution in [0.15, 0.2) is 12.3 Å². The first-order chi connectivity index (χ1) is 11.6. The van der Waals surface area contributed by atoms with Gasteiger partial charge in [0.05, 0.1) is 12.2 Å². The van der Waals surface area contributed by atoms with Crippen LogP contribution in [0, 0.1) is 0 Å². The number of anilines is 1. The maximum Gasteiger partial charge on any atom is 0.287 e. The number of halogens is 2. The standard InChI is InChI=1S/C18H26F2N4O/c1-12-9-23(6-5-21-12)10-16(25)24-11-17(2,3)13-8-22-15(7-14(13)24)18(4,19)20/h7-8,12,21H,5-6,9-11H2,1-4H3/t12-/m1/s1. The SMILES string of the molecule is C[C@@H]1CN(CC(=O)N2CC(C)(C)c3cnc(C(C)(F)F)cc32)CCN1. The Morgan fingerprint density at radius 2 is 2.20 bits per heavy atom. The smallest absolute Gasteiger partial charge is 0.287 e. The Bertz CT molecular complexity index is 672. The molecule has 0 radical (unpaired) electrons. The van der Waals surface area contributed by atoms with Gasteiger partial charge in [0, 0.05) is 56.3 Å². The molecule has 138 valence electrons. The van der Waals surface area contributed by atoms with E-state index in [0.717, 1.165) is 32.1 Å². The molecule has 1 aromatic heterocycles. The Kier molecular flexibility index (Phi) is 4.58. The van der Waals surface area contributed by atoms with Crippen LogP contribution in [0.25, 0.3) is 0 Å². The third-order valence-corrected chi connectivity index (χ3v) is 5.02. The number of pyridine rings is 1. The zero-order chi connectivity index (χ0) is 18.4. The van der Waals surface area contributed by atoms with Crippen molar-refractivity contribution in [3.8, 4) is 0 Å². The highest BCUT2D eigenvalue weighted by Crippen LogP contribution is 2.42. The Labute approximate surface area is 147 Å². The minimum atomic E-state index is -3.02. The van der Waals surface area contributed by atoms with Gasteiger partial charge in [-0.2, -0.15) is 8.78 Å². The maximum absolute atomic E-state index is 13.7. The summed E-state index contributed by atoms with van der Waals surface area (Å²) in [5.74, 6) is -3.07. The lowest BCUT2D eigenvalue weighted by atomic mass is 9.88. The molecule has 0 bridgehead atoms. The number of aromatic nitrogens is 1. The second-order valence-electron chi connectivity index (χ2n) is 7.93. The van der Waals surface area contributed by atoms with E-state index in [1.165, 1.54) is 12.3 Å². The second-order valence-corrected chi connectivity index (χ2v) is 7.93. The van der Waals surface area contributed by atoms with E-state index in [9.17, 15) is 13.6 Å². The van der Waals surface area contributed by atoms with E-state index in [2.05, 4.69) is 22.1 Å². The van der Waals surface area contributed by atoms with Gasteiger partial charge in [-0.3, -0.25) is 14.7 Å². The molecule has 1 amide bonds. The third-order valence-electron chi connectivity index (χ3n) is 5.02. The second kappa shape index (κ2) is 6.29. The van der Waals surface area contributed by atoms with E-state index in [1.54, 1.807) is 4.90 Å². The number of piperazine rings is 1. The third kappa shape index (κ3) is 3.67. The lowest BCUT2D eigenvalue weighted by Crippen LogP contribution is -2.52. The van der Waals surface area contributed by atoms with Crippen molar-refractivity contribution in [1.82, 2.24) is 15.2 Å². The first-order valence-electron chi connectivity index (χ1n) is 8.73. The van der Waals surface area contributed by atoms with Gasteiger partial charge < -0.3 is 10.2 Å². The average molecular weight is 352 g/mol. The van der Waals surface area contributed by atoms with Crippen molar-refractivity contribution in [1.29, 1.82) is 0 Å². The van der Waals surface area contributed by atoms with Crippen LogP contribution in [0.2, 0.25) is 0 Å². The quantitative estimate of drug-likeness (QED) is 0.905. The van der Waals surface area contributed by atoms with Crippen LogP contribution in [-0.2, 0) is 16.1 Å². The van der Waals surface area contributed by atoms with E-state index < -0.39 is 5.92 Å². The Balaban J connectivity index is 1.85. The summed E-state index contributed by atoms with van der Waals surface area (Å²) in [6, 6.07) is 1.72. The lowest BCUT2D eigenvalue weighted by Gasteiger charge is -2.32. The predicted octanol–water partition coefficient (Wildman–Crippen LogP) is 2.11. The molecule has 1 atom stereocenters. The molecule has 25 heavy (non-hydrogen) atoms. The number of carbonyl (C=O) groups is 1. The highest BCUT2D eigenvalue weighted by atomic mass is 19.3. The summed E-state index contributed by atoms with van der Waals surface area (Å²) < 4.78 is 27.4. The van der Waals surface area contributed by atoms with Crippen molar-refractivity contribution in [2.75, 3.05) is 37.6 Å². The average Bonchev–Trinajstić information content (AvgIpc) is 2.78. The summed E-state index contributed by atoms with van der Waals surface area (Å²) >= 11 is 0. The molecular weight excluding hydrogens is 326 g/mol. The molecule has 1 N–H and O–H groups in total. The molecule has 2 aliphatic rings. The fourth-order valence-electron chi connectivity index (χ4n) is 3.65. The van der Waals surface area contributed by atoms with Crippen molar-refractivity contribution < 1.29 is 13.6 Å². The number of amides is 1. The molecule has 0 saturated carbocycles. The normalized spacial score (nSPS) is 23.6. The number of nitrogens with zero attached hydrogens (tertiary/aromatic N) is 3. The van der Waals surface area contributed by atoms with Gasteiger partial charge in [-0.1, -0.05) is 13.8 Å². The number of nitrogens with one attached hydrogen (secondary N) is 1. The van der Waals surface area contributed by atoms with Crippen LogP contribution < -0.4 is 10.2 Å². The molecule has 3 rings (SSSR count). The summed E-state index contributed by atoms with van der Waals surface area (Å²) in [5.41, 5.74) is 0.834. The fraction of sp³-hybridized carbons (Fsp3) is 0.667. The molecule has 2 aliphatic heterocycles. The summed E-state index contributed by atoms with van der Waals surface area (Å²) in [7, 11) is 0. The Morgan fingerprint density at radius 1 is 1.48 bits per heavy atom. The maximum atomic E-state index is 13.7. The number of alkyl halides is 2. The van der Waals surface area contributed by atoms with Gasteiger partial charge in [-0.25, -0.2) is 0 Å². The van der Waals surface area contributed by atoms with Gasteiger partial charge in [-0.05, 0) is 13.0 Å². The van der Waals surface area contributed by atoms with Crippen LogP contribution in [0.4, 0.5) is 14.5 Å². The van der Waals surface area contributed by atoms with Gasteiger partial charge in [0.15, 0.2) is 0 Å². The summed E-state index contributed by atoms with van der Waals surface area (Å²) in [6.07, 6.45) is 1.50. The zero-order valence-corrected chi connectivity index (χ0v) is 15.3.